The van der Waals surface area contributed by atoms with Crippen LogP contribution in [0, 0.1) is 0 Å². The summed E-state index contributed by atoms with van der Waals surface area (Å²) in [5.74, 6) is 0.261. The van der Waals surface area contributed by atoms with Crippen molar-refractivity contribution in [2.45, 2.75) is 25.5 Å². The number of aliphatic hydroxyl groups is 1. The zero-order valence-electron chi connectivity index (χ0n) is 16.8. The Hall–Kier alpha value is -3.15. The van der Waals surface area contributed by atoms with Crippen LogP contribution >= 0.6 is 0 Å². The molecule has 1 unspecified atom stereocenters. The van der Waals surface area contributed by atoms with Gasteiger partial charge in [-0.15, -0.1) is 0 Å². The maximum atomic E-state index is 9.87. The van der Waals surface area contributed by atoms with Gasteiger partial charge in [0.05, 0.1) is 6.10 Å². The smallest absolute Gasteiger partial charge is 0.137 e. The minimum atomic E-state index is -0.194. The van der Waals surface area contributed by atoms with Crippen LogP contribution in [-0.4, -0.2) is 44.3 Å². The van der Waals surface area contributed by atoms with Crippen LogP contribution in [0.25, 0.3) is 33.3 Å². The van der Waals surface area contributed by atoms with E-state index in [1.807, 2.05) is 24.5 Å². The molecule has 5 heteroatoms. The fraction of sp³-hybridized carbons (Fsp3) is 0.240. The second kappa shape index (κ2) is 7.94. The number of benzene rings is 2. The fourth-order valence-corrected chi connectivity index (χ4v) is 4.28. The van der Waals surface area contributed by atoms with Crippen LogP contribution in [0.15, 0.2) is 67.0 Å². The van der Waals surface area contributed by atoms with Gasteiger partial charge in [0, 0.05) is 42.0 Å². The molecule has 0 spiro atoms. The van der Waals surface area contributed by atoms with Crippen LogP contribution in [0.2, 0.25) is 0 Å². The number of rotatable bonds is 4. The van der Waals surface area contributed by atoms with Crippen LogP contribution in [0.4, 0.5) is 0 Å². The Kier molecular flexibility index (Phi) is 4.99. The number of piperidine rings is 1. The first kappa shape index (κ1) is 18.9. The van der Waals surface area contributed by atoms with Crippen molar-refractivity contribution in [3.8, 4) is 28.0 Å². The zero-order valence-corrected chi connectivity index (χ0v) is 16.8. The first-order valence-electron chi connectivity index (χ1n) is 10.4. The van der Waals surface area contributed by atoms with E-state index in [2.05, 4.69) is 45.2 Å². The zero-order chi connectivity index (χ0) is 20.5. The summed E-state index contributed by atoms with van der Waals surface area (Å²) in [7, 11) is 0. The highest BCUT2D eigenvalue weighted by Gasteiger charge is 2.17. The van der Waals surface area contributed by atoms with Gasteiger partial charge in [-0.25, -0.2) is 4.98 Å². The molecule has 3 N–H and O–H groups in total. The number of hydrogen-bond donors (Lipinski definition) is 3. The van der Waals surface area contributed by atoms with Crippen LogP contribution in [0.1, 0.15) is 18.4 Å². The van der Waals surface area contributed by atoms with Gasteiger partial charge in [0.1, 0.15) is 11.4 Å². The van der Waals surface area contributed by atoms with Gasteiger partial charge in [-0.2, -0.15) is 0 Å². The molecule has 0 amide bonds. The number of aromatic hydroxyl groups is 1. The molecule has 1 saturated heterocycles. The Labute approximate surface area is 175 Å². The van der Waals surface area contributed by atoms with E-state index in [1.165, 1.54) is 5.56 Å². The van der Waals surface area contributed by atoms with Crippen LogP contribution in [0.3, 0.4) is 0 Å². The van der Waals surface area contributed by atoms with Gasteiger partial charge in [-0.05, 0) is 54.3 Å². The highest BCUT2D eigenvalue weighted by Crippen LogP contribution is 2.32. The van der Waals surface area contributed by atoms with Gasteiger partial charge in [0.2, 0.25) is 0 Å². The number of nitrogens with zero attached hydrogens (tertiary/aromatic N) is 2. The largest absolute Gasteiger partial charge is 0.508 e. The Morgan fingerprint density at radius 3 is 2.53 bits per heavy atom. The van der Waals surface area contributed by atoms with E-state index in [-0.39, 0.29) is 11.9 Å². The summed E-state index contributed by atoms with van der Waals surface area (Å²) in [5, 5.41) is 20.5. The number of aliphatic hydroxyl groups excluding tert-OH is 1. The highest BCUT2D eigenvalue weighted by molar-refractivity contribution is 5.95. The normalized spacial score (nSPS) is 17.4. The number of aromatic nitrogens is 2. The van der Waals surface area contributed by atoms with Crippen LogP contribution in [0.5, 0.6) is 5.75 Å². The molecule has 5 nitrogen and oxygen atoms in total. The van der Waals surface area contributed by atoms with Crippen molar-refractivity contribution >= 4 is 11.0 Å². The van der Waals surface area contributed by atoms with Gasteiger partial charge in [0.25, 0.3) is 0 Å². The molecule has 30 heavy (non-hydrogen) atoms. The summed E-state index contributed by atoms with van der Waals surface area (Å²) in [4.78, 5) is 10.2. The number of likely N-dealkylation sites (tertiary alicyclic amines) is 1. The molecule has 5 rings (SSSR count). The number of nitrogens with one attached hydrogen (secondary N) is 1. The van der Waals surface area contributed by atoms with Crippen molar-refractivity contribution < 1.29 is 10.2 Å². The molecule has 2 aromatic heterocycles. The van der Waals surface area contributed by atoms with Crippen LogP contribution in [-0.2, 0) is 6.54 Å². The SMILES string of the molecule is Oc1ccc(-c2c[nH]c3ncc(-c4ccc(CN5CCCC(O)C5)cc4)cc23)cc1. The van der Waals surface area contributed by atoms with E-state index in [9.17, 15) is 10.2 Å². The van der Waals surface area contributed by atoms with Crippen molar-refractivity contribution in [3.05, 3.63) is 72.6 Å². The van der Waals surface area contributed by atoms with Gasteiger partial charge < -0.3 is 15.2 Å². The van der Waals surface area contributed by atoms with E-state index in [0.29, 0.717) is 0 Å². The number of β-amino-alcohol motifs (C(OH)–C–C–N with tert-alkyl or cyclic N) is 1. The molecule has 4 aromatic rings. The second-order valence-electron chi connectivity index (χ2n) is 8.10. The van der Waals surface area contributed by atoms with Crippen molar-refractivity contribution in [2.24, 2.45) is 0 Å². The molecule has 3 heterocycles. The van der Waals surface area contributed by atoms with E-state index >= 15 is 0 Å². The van der Waals surface area contributed by atoms with Gasteiger partial charge in [-0.3, -0.25) is 4.90 Å². The number of phenols is 1. The third-order valence-corrected chi connectivity index (χ3v) is 5.88. The Balaban J connectivity index is 1.40. The predicted molar refractivity (Wildman–Crippen MR) is 119 cm³/mol. The number of pyridine rings is 1. The Morgan fingerprint density at radius 2 is 1.77 bits per heavy atom. The number of phenolic OH excluding ortho intramolecular Hbond substituents is 1. The van der Waals surface area contributed by atoms with E-state index < -0.39 is 0 Å². The summed E-state index contributed by atoms with van der Waals surface area (Å²) in [5.41, 5.74) is 6.42. The number of aromatic amines is 1. The number of hydrogen-bond acceptors (Lipinski definition) is 4. The highest BCUT2D eigenvalue weighted by atomic mass is 16.3. The molecule has 152 valence electrons. The molecule has 2 aromatic carbocycles. The van der Waals surface area contributed by atoms with E-state index in [1.54, 1.807) is 12.1 Å². The standard InChI is InChI=1S/C25H25N3O2/c29-21-9-7-19(8-10-21)24-14-27-25-23(24)12-20(13-26-25)18-5-3-17(4-6-18)15-28-11-1-2-22(30)16-28/h3-10,12-14,22,29-30H,1-2,11,15-16H2,(H,26,27). The van der Waals surface area contributed by atoms with Crippen molar-refractivity contribution in [2.75, 3.05) is 13.1 Å². The molecule has 1 atom stereocenters. The molecule has 0 aliphatic carbocycles. The molecule has 0 bridgehead atoms. The summed E-state index contributed by atoms with van der Waals surface area (Å²) >= 11 is 0. The lowest BCUT2D eigenvalue weighted by Crippen LogP contribution is -2.37. The second-order valence-corrected chi connectivity index (χ2v) is 8.10. The minimum Gasteiger partial charge on any atom is -0.508 e. The molecular formula is C25H25N3O2. The fourth-order valence-electron chi connectivity index (χ4n) is 4.28. The quantitative estimate of drug-likeness (QED) is 0.470. The van der Waals surface area contributed by atoms with Gasteiger partial charge in [-0.1, -0.05) is 36.4 Å². The van der Waals surface area contributed by atoms with E-state index in [0.717, 1.165) is 65.8 Å². The topological polar surface area (TPSA) is 72.4 Å². The average Bonchev–Trinajstić information content (AvgIpc) is 3.18. The third-order valence-electron chi connectivity index (χ3n) is 5.88. The molecule has 1 fully saturated rings. The number of fused-ring (bicyclic) bond motifs is 1. The predicted octanol–water partition coefficient (Wildman–Crippen LogP) is 4.56. The Morgan fingerprint density at radius 1 is 1.00 bits per heavy atom. The van der Waals surface area contributed by atoms with Gasteiger partial charge in [0.15, 0.2) is 0 Å². The van der Waals surface area contributed by atoms with E-state index in [4.69, 9.17) is 0 Å². The van der Waals surface area contributed by atoms with Crippen molar-refractivity contribution in [3.63, 3.8) is 0 Å². The summed E-state index contributed by atoms with van der Waals surface area (Å²) in [6.45, 7) is 2.68. The molecule has 0 saturated carbocycles. The lowest BCUT2D eigenvalue weighted by atomic mass is 10.0. The third kappa shape index (κ3) is 3.82. The molecule has 0 radical (unpaired) electrons. The minimum absolute atomic E-state index is 0.194. The van der Waals surface area contributed by atoms with Crippen molar-refractivity contribution in [1.82, 2.24) is 14.9 Å². The maximum Gasteiger partial charge on any atom is 0.137 e. The molecule has 1 aliphatic heterocycles. The maximum absolute atomic E-state index is 9.87. The van der Waals surface area contributed by atoms with Crippen LogP contribution < -0.4 is 0 Å². The lowest BCUT2D eigenvalue weighted by molar-refractivity contribution is 0.0668. The first-order valence-corrected chi connectivity index (χ1v) is 10.4. The summed E-state index contributed by atoms with van der Waals surface area (Å²) in [6.07, 6.45) is 5.64. The summed E-state index contributed by atoms with van der Waals surface area (Å²) < 4.78 is 0. The average molecular weight is 399 g/mol. The first-order chi connectivity index (χ1) is 14.7. The lowest BCUT2D eigenvalue weighted by Gasteiger charge is -2.29. The monoisotopic (exact) mass is 399 g/mol. The number of H-pyrrole nitrogens is 1. The molecular weight excluding hydrogens is 374 g/mol. The van der Waals surface area contributed by atoms with Crippen molar-refractivity contribution in [1.29, 1.82) is 0 Å². The summed E-state index contributed by atoms with van der Waals surface area (Å²) in [6, 6.07) is 18.0. The Bertz CT molecular complexity index is 1150. The van der Waals surface area contributed by atoms with Gasteiger partial charge >= 0.3 is 0 Å². The molecule has 1 aliphatic rings.